The van der Waals surface area contributed by atoms with E-state index in [-0.39, 0.29) is 11.7 Å². The van der Waals surface area contributed by atoms with E-state index in [9.17, 15) is 9.59 Å². The lowest BCUT2D eigenvalue weighted by Crippen LogP contribution is -2.25. The van der Waals surface area contributed by atoms with Crippen molar-refractivity contribution in [1.82, 2.24) is 0 Å². The third kappa shape index (κ3) is 2.07. The van der Waals surface area contributed by atoms with E-state index in [1.54, 1.807) is 0 Å². The van der Waals surface area contributed by atoms with E-state index in [1.807, 2.05) is 0 Å². The first kappa shape index (κ1) is 9.72. The van der Waals surface area contributed by atoms with Crippen LogP contribution >= 0.6 is 11.6 Å². The predicted octanol–water partition coefficient (Wildman–Crippen LogP) is 2.15. The van der Waals surface area contributed by atoms with E-state index >= 15 is 0 Å². The topological polar surface area (TPSA) is 34.1 Å². The molecule has 0 bridgehead atoms. The standard InChI is InChI=1S/C9H13ClO2/c1-6(11)8(9(10)12)7-4-2-3-5-7/h7-8H,2-5H2,1H3. The number of ketones is 1. The zero-order valence-electron chi connectivity index (χ0n) is 7.18. The van der Waals surface area contributed by atoms with Gasteiger partial charge in [0.05, 0.1) is 5.92 Å². The van der Waals surface area contributed by atoms with E-state index in [2.05, 4.69) is 0 Å². The van der Waals surface area contributed by atoms with Crippen molar-refractivity contribution in [2.75, 3.05) is 0 Å². The van der Waals surface area contributed by atoms with Crippen molar-refractivity contribution in [2.45, 2.75) is 32.6 Å². The molecule has 0 spiro atoms. The molecule has 0 N–H and O–H groups in total. The normalized spacial score (nSPS) is 20.8. The first-order valence-corrected chi connectivity index (χ1v) is 4.70. The summed E-state index contributed by atoms with van der Waals surface area (Å²) in [7, 11) is 0. The zero-order chi connectivity index (χ0) is 9.14. The average molecular weight is 189 g/mol. The number of hydrogen-bond donors (Lipinski definition) is 0. The van der Waals surface area contributed by atoms with Gasteiger partial charge in [0, 0.05) is 0 Å². The lowest BCUT2D eigenvalue weighted by Gasteiger charge is -2.15. The van der Waals surface area contributed by atoms with Crippen molar-refractivity contribution < 1.29 is 9.59 Å². The SMILES string of the molecule is CC(=O)C(C(=O)Cl)C1CCCC1. The lowest BCUT2D eigenvalue weighted by molar-refractivity contribution is -0.129. The van der Waals surface area contributed by atoms with Crippen molar-refractivity contribution in [2.24, 2.45) is 11.8 Å². The minimum Gasteiger partial charge on any atom is -0.299 e. The Morgan fingerprint density at radius 1 is 1.33 bits per heavy atom. The second kappa shape index (κ2) is 4.04. The van der Waals surface area contributed by atoms with Crippen LogP contribution in [-0.2, 0) is 9.59 Å². The first-order valence-electron chi connectivity index (χ1n) is 4.32. The Bertz CT molecular complexity index is 181. The number of halogens is 1. The maximum Gasteiger partial charge on any atom is 0.232 e. The monoisotopic (exact) mass is 188 g/mol. The van der Waals surface area contributed by atoms with Gasteiger partial charge in [-0.05, 0) is 37.3 Å². The Labute approximate surface area is 77.3 Å². The van der Waals surface area contributed by atoms with Crippen molar-refractivity contribution in [1.29, 1.82) is 0 Å². The molecule has 0 aromatic carbocycles. The summed E-state index contributed by atoms with van der Waals surface area (Å²) in [4.78, 5) is 22.0. The molecule has 2 nitrogen and oxygen atoms in total. The molecule has 1 fully saturated rings. The Morgan fingerprint density at radius 3 is 2.17 bits per heavy atom. The summed E-state index contributed by atoms with van der Waals surface area (Å²) in [6.07, 6.45) is 4.20. The maximum atomic E-state index is 11.1. The van der Waals surface area contributed by atoms with Crippen molar-refractivity contribution in [3.63, 3.8) is 0 Å². The quantitative estimate of drug-likeness (QED) is 0.503. The van der Waals surface area contributed by atoms with Crippen LogP contribution in [0.3, 0.4) is 0 Å². The Morgan fingerprint density at radius 2 is 1.83 bits per heavy atom. The fourth-order valence-corrected chi connectivity index (χ4v) is 2.30. The van der Waals surface area contributed by atoms with Crippen LogP contribution < -0.4 is 0 Å². The lowest BCUT2D eigenvalue weighted by atomic mass is 9.89. The molecule has 0 amide bonds. The third-order valence-corrected chi connectivity index (χ3v) is 2.79. The zero-order valence-corrected chi connectivity index (χ0v) is 7.93. The number of rotatable bonds is 3. The van der Waals surface area contributed by atoms with Gasteiger partial charge in [0.15, 0.2) is 0 Å². The molecule has 0 aromatic heterocycles. The molecule has 3 heteroatoms. The highest BCUT2D eigenvalue weighted by Crippen LogP contribution is 2.32. The second-order valence-electron chi connectivity index (χ2n) is 3.44. The molecule has 0 radical (unpaired) electrons. The van der Waals surface area contributed by atoms with Crippen molar-refractivity contribution in [3.8, 4) is 0 Å². The van der Waals surface area contributed by atoms with Crippen LogP contribution in [0.25, 0.3) is 0 Å². The molecule has 0 aliphatic heterocycles. The van der Waals surface area contributed by atoms with Crippen LogP contribution in [0.2, 0.25) is 0 Å². The van der Waals surface area contributed by atoms with Crippen LogP contribution in [0.15, 0.2) is 0 Å². The van der Waals surface area contributed by atoms with Crippen LogP contribution in [0, 0.1) is 11.8 Å². The minimum absolute atomic E-state index is 0.0816. The van der Waals surface area contributed by atoms with Gasteiger partial charge >= 0.3 is 0 Å². The van der Waals surface area contributed by atoms with Gasteiger partial charge < -0.3 is 0 Å². The highest BCUT2D eigenvalue weighted by Gasteiger charge is 2.32. The fourth-order valence-electron chi connectivity index (χ4n) is 1.97. The molecule has 1 atom stereocenters. The van der Waals surface area contributed by atoms with Crippen molar-refractivity contribution in [3.05, 3.63) is 0 Å². The van der Waals surface area contributed by atoms with Crippen molar-refractivity contribution >= 4 is 22.6 Å². The molecule has 1 saturated carbocycles. The van der Waals surface area contributed by atoms with E-state index < -0.39 is 11.2 Å². The van der Waals surface area contributed by atoms with E-state index in [1.165, 1.54) is 6.92 Å². The number of hydrogen-bond acceptors (Lipinski definition) is 2. The third-order valence-electron chi connectivity index (χ3n) is 2.55. The summed E-state index contributed by atoms with van der Waals surface area (Å²) in [6, 6.07) is 0. The first-order chi connectivity index (χ1) is 5.63. The number of carbonyl (C=O) groups excluding carboxylic acids is 2. The van der Waals surface area contributed by atoms with Gasteiger partial charge in [0.1, 0.15) is 5.78 Å². The van der Waals surface area contributed by atoms with Crippen LogP contribution in [0.5, 0.6) is 0 Å². The molecule has 1 unspecified atom stereocenters. The molecule has 12 heavy (non-hydrogen) atoms. The molecule has 0 aromatic rings. The van der Waals surface area contributed by atoms with Gasteiger partial charge in [0.2, 0.25) is 5.24 Å². The summed E-state index contributed by atoms with van der Waals surface area (Å²) in [5, 5.41) is -0.477. The predicted molar refractivity (Wildman–Crippen MR) is 47.0 cm³/mol. The van der Waals surface area contributed by atoms with E-state index in [4.69, 9.17) is 11.6 Å². The largest absolute Gasteiger partial charge is 0.299 e. The van der Waals surface area contributed by atoms with Gasteiger partial charge in [-0.1, -0.05) is 12.8 Å². The molecule has 0 saturated heterocycles. The Balaban J connectivity index is 2.64. The van der Waals surface area contributed by atoms with Crippen LogP contribution in [-0.4, -0.2) is 11.0 Å². The summed E-state index contributed by atoms with van der Waals surface area (Å²) >= 11 is 5.36. The molecule has 1 aliphatic carbocycles. The molecule has 1 rings (SSSR count). The summed E-state index contributed by atoms with van der Waals surface area (Å²) in [6.45, 7) is 1.45. The van der Waals surface area contributed by atoms with Gasteiger partial charge in [-0.3, -0.25) is 9.59 Å². The summed E-state index contributed by atoms with van der Waals surface area (Å²) in [5.74, 6) is -0.399. The Kier molecular flexibility index (Phi) is 3.27. The highest BCUT2D eigenvalue weighted by atomic mass is 35.5. The van der Waals surface area contributed by atoms with Crippen LogP contribution in [0.1, 0.15) is 32.6 Å². The Hall–Kier alpha value is -0.370. The van der Waals surface area contributed by atoms with E-state index in [0.717, 1.165) is 25.7 Å². The highest BCUT2D eigenvalue weighted by molar-refractivity contribution is 6.65. The molecular formula is C9H13ClO2. The van der Waals surface area contributed by atoms with Gasteiger partial charge in [-0.15, -0.1) is 0 Å². The van der Waals surface area contributed by atoms with Gasteiger partial charge in [0.25, 0.3) is 0 Å². The number of carbonyl (C=O) groups is 2. The van der Waals surface area contributed by atoms with Gasteiger partial charge in [-0.25, -0.2) is 0 Å². The summed E-state index contributed by atoms with van der Waals surface area (Å²) < 4.78 is 0. The smallest absolute Gasteiger partial charge is 0.232 e. The van der Waals surface area contributed by atoms with Crippen LogP contribution in [0.4, 0.5) is 0 Å². The molecular weight excluding hydrogens is 176 g/mol. The minimum atomic E-state index is -0.533. The summed E-state index contributed by atoms with van der Waals surface area (Å²) in [5.41, 5.74) is 0. The molecule has 1 aliphatic rings. The average Bonchev–Trinajstić information content (AvgIpc) is 2.37. The van der Waals surface area contributed by atoms with E-state index in [0.29, 0.717) is 0 Å². The number of Topliss-reactive ketones (excluding diaryl/α,β-unsaturated/α-hetero) is 1. The second-order valence-corrected chi connectivity index (χ2v) is 3.81. The molecule has 0 heterocycles. The molecule has 68 valence electrons. The fraction of sp³-hybridized carbons (Fsp3) is 0.778. The van der Waals surface area contributed by atoms with Gasteiger partial charge in [-0.2, -0.15) is 0 Å². The maximum absolute atomic E-state index is 11.1.